The number of hydrogen-bond acceptors (Lipinski definition) is 4. The summed E-state index contributed by atoms with van der Waals surface area (Å²) in [5.41, 5.74) is 4.29. The Labute approximate surface area is 213 Å². The summed E-state index contributed by atoms with van der Waals surface area (Å²) in [4.78, 5) is 42.8. The third-order valence-corrected chi connectivity index (χ3v) is 7.39. The summed E-state index contributed by atoms with van der Waals surface area (Å²) >= 11 is 0. The van der Waals surface area contributed by atoms with Gasteiger partial charge in [0.05, 0.1) is 12.2 Å². The molecule has 0 spiro atoms. The van der Waals surface area contributed by atoms with Crippen molar-refractivity contribution in [2.45, 2.75) is 52.4 Å². The highest BCUT2D eigenvalue weighted by Gasteiger charge is 2.38. The molecule has 0 bridgehead atoms. The molecule has 2 amide bonds. The highest BCUT2D eigenvalue weighted by molar-refractivity contribution is 5.97. The van der Waals surface area contributed by atoms with Crippen LogP contribution in [0.5, 0.6) is 0 Å². The van der Waals surface area contributed by atoms with Crippen molar-refractivity contribution < 1.29 is 19.1 Å². The second kappa shape index (κ2) is 11.5. The summed E-state index contributed by atoms with van der Waals surface area (Å²) in [6.45, 7) is 7.11. The fourth-order valence-corrected chi connectivity index (χ4v) is 5.42. The molecule has 2 aliphatic heterocycles. The number of likely N-dealkylation sites (tertiary alicyclic amines) is 1. The molecule has 36 heavy (non-hydrogen) atoms. The molecule has 0 N–H and O–H groups in total. The number of aryl methyl sites for hydroxylation is 1. The predicted molar refractivity (Wildman–Crippen MR) is 139 cm³/mol. The van der Waals surface area contributed by atoms with E-state index in [1.807, 2.05) is 42.2 Å². The Hall–Kier alpha value is -3.41. The quantitative estimate of drug-likeness (QED) is 0.533. The van der Waals surface area contributed by atoms with Crippen LogP contribution in [0.15, 0.2) is 65.9 Å². The lowest BCUT2D eigenvalue weighted by atomic mass is 9.83. The first-order valence-corrected chi connectivity index (χ1v) is 12.9. The molecule has 0 aromatic heterocycles. The minimum Gasteiger partial charge on any atom is -0.463 e. The summed E-state index contributed by atoms with van der Waals surface area (Å²) in [7, 11) is 0. The number of nitrogens with zero attached hydrogens (tertiary/aromatic N) is 2. The number of benzene rings is 2. The summed E-state index contributed by atoms with van der Waals surface area (Å²) < 4.78 is 5.37. The lowest BCUT2D eigenvalue weighted by Gasteiger charge is -2.37. The van der Waals surface area contributed by atoms with Crippen molar-refractivity contribution in [2.75, 3.05) is 26.2 Å². The number of amides is 2. The molecule has 6 heteroatoms. The highest BCUT2D eigenvalue weighted by Crippen LogP contribution is 2.37. The molecule has 2 aliphatic rings. The fraction of sp³-hybridized carbons (Fsp3) is 0.433. The Balaban J connectivity index is 1.47. The number of piperidine rings is 1. The number of rotatable bonds is 7. The predicted octanol–water partition coefficient (Wildman–Crippen LogP) is 4.63. The van der Waals surface area contributed by atoms with Gasteiger partial charge in [-0.1, -0.05) is 60.2 Å². The van der Waals surface area contributed by atoms with Crippen LogP contribution in [0.1, 0.15) is 55.7 Å². The number of carbonyl (C=O) groups excluding carboxylic acids is 3. The van der Waals surface area contributed by atoms with Crippen LogP contribution in [0.3, 0.4) is 0 Å². The van der Waals surface area contributed by atoms with E-state index >= 15 is 0 Å². The van der Waals surface area contributed by atoms with Gasteiger partial charge in [0.2, 0.25) is 11.8 Å². The van der Waals surface area contributed by atoms with Gasteiger partial charge < -0.3 is 14.5 Å². The Morgan fingerprint density at radius 3 is 2.39 bits per heavy atom. The zero-order valence-electron chi connectivity index (χ0n) is 21.5. The molecular formula is C30H36N2O4. The van der Waals surface area contributed by atoms with Gasteiger partial charge in [-0.05, 0) is 57.1 Å². The van der Waals surface area contributed by atoms with Crippen molar-refractivity contribution in [1.82, 2.24) is 9.80 Å². The van der Waals surface area contributed by atoms with Crippen LogP contribution < -0.4 is 0 Å². The van der Waals surface area contributed by atoms with E-state index in [-0.39, 0.29) is 37.3 Å². The van der Waals surface area contributed by atoms with Crippen molar-refractivity contribution in [2.24, 2.45) is 5.92 Å². The molecule has 2 aromatic rings. The van der Waals surface area contributed by atoms with Crippen LogP contribution in [0.25, 0.3) is 0 Å². The van der Waals surface area contributed by atoms with E-state index in [4.69, 9.17) is 4.74 Å². The maximum Gasteiger partial charge on any atom is 0.336 e. The number of allylic oxidation sites excluding steroid dienone is 1. The first-order valence-electron chi connectivity index (χ1n) is 12.9. The normalized spacial score (nSPS) is 19.0. The zero-order chi connectivity index (χ0) is 25.7. The molecular weight excluding hydrogens is 452 g/mol. The first kappa shape index (κ1) is 25.7. The van der Waals surface area contributed by atoms with Gasteiger partial charge in [-0.25, -0.2) is 4.79 Å². The van der Waals surface area contributed by atoms with Crippen LogP contribution >= 0.6 is 0 Å². The third kappa shape index (κ3) is 5.86. The van der Waals surface area contributed by atoms with Crippen LogP contribution in [-0.4, -0.2) is 53.8 Å². The Morgan fingerprint density at radius 1 is 1.00 bits per heavy atom. The number of ether oxygens (including phenoxy) is 1. The maximum atomic E-state index is 13.2. The molecule has 1 atom stereocenters. The van der Waals surface area contributed by atoms with E-state index in [1.54, 1.807) is 13.8 Å². The van der Waals surface area contributed by atoms with Gasteiger partial charge in [-0.15, -0.1) is 0 Å². The molecule has 190 valence electrons. The number of esters is 1. The number of hydrogen-bond donors (Lipinski definition) is 0. The lowest BCUT2D eigenvalue weighted by Crippen LogP contribution is -2.47. The minimum absolute atomic E-state index is 0.0442. The molecule has 4 rings (SSSR count). The molecule has 0 saturated carbocycles. The van der Waals surface area contributed by atoms with Gasteiger partial charge in [0.1, 0.15) is 6.54 Å². The summed E-state index contributed by atoms with van der Waals surface area (Å²) in [6, 6.07) is 18.3. The average molecular weight is 489 g/mol. The monoisotopic (exact) mass is 488 g/mol. The van der Waals surface area contributed by atoms with Crippen molar-refractivity contribution >= 4 is 17.8 Å². The topological polar surface area (TPSA) is 66.9 Å². The standard InChI is InChI=1S/C30H36N2O4/c1-4-36-30(35)29-22(3)32(27(33)19-26(29)25-12-8-9-21(2)17-25)20-28(34)31-15-13-24(14-16-31)18-23-10-6-5-7-11-23/h5-12,17,24,26H,4,13-16,18-20H2,1-3H3. The molecule has 0 radical (unpaired) electrons. The van der Waals surface area contributed by atoms with Crippen molar-refractivity contribution in [3.05, 3.63) is 82.6 Å². The highest BCUT2D eigenvalue weighted by atomic mass is 16.5. The molecule has 6 nitrogen and oxygen atoms in total. The Kier molecular flexibility index (Phi) is 8.24. The van der Waals surface area contributed by atoms with E-state index in [0.29, 0.717) is 30.3 Å². The Morgan fingerprint density at radius 2 is 1.72 bits per heavy atom. The van der Waals surface area contributed by atoms with Crippen molar-refractivity contribution in [3.63, 3.8) is 0 Å². The summed E-state index contributed by atoms with van der Waals surface area (Å²) in [5, 5.41) is 0. The van der Waals surface area contributed by atoms with E-state index in [0.717, 1.165) is 30.4 Å². The molecule has 2 aromatic carbocycles. The largest absolute Gasteiger partial charge is 0.463 e. The van der Waals surface area contributed by atoms with Crippen LogP contribution in [0, 0.1) is 12.8 Å². The lowest BCUT2D eigenvalue weighted by molar-refractivity contribution is -0.143. The van der Waals surface area contributed by atoms with Crippen molar-refractivity contribution in [1.29, 1.82) is 0 Å². The van der Waals surface area contributed by atoms with Gasteiger partial charge in [-0.2, -0.15) is 0 Å². The second-order valence-electron chi connectivity index (χ2n) is 9.88. The van der Waals surface area contributed by atoms with Crippen LogP contribution in [-0.2, 0) is 25.5 Å². The second-order valence-corrected chi connectivity index (χ2v) is 9.88. The van der Waals surface area contributed by atoms with E-state index in [9.17, 15) is 14.4 Å². The molecule has 1 saturated heterocycles. The van der Waals surface area contributed by atoms with Gasteiger partial charge in [-0.3, -0.25) is 9.59 Å². The zero-order valence-corrected chi connectivity index (χ0v) is 21.5. The molecule has 1 fully saturated rings. The van der Waals surface area contributed by atoms with Gasteiger partial charge >= 0.3 is 5.97 Å². The summed E-state index contributed by atoms with van der Waals surface area (Å²) in [5.74, 6) is -0.456. The van der Waals surface area contributed by atoms with Crippen LogP contribution in [0.2, 0.25) is 0 Å². The summed E-state index contributed by atoms with van der Waals surface area (Å²) in [6.07, 6.45) is 3.07. The van der Waals surface area contributed by atoms with Crippen LogP contribution in [0.4, 0.5) is 0 Å². The fourth-order valence-electron chi connectivity index (χ4n) is 5.42. The minimum atomic E-state index is -0.423. The van der Waals surface area contributed by atoms with Crippen molar-refractivity contribution in [3.8, 4) is 0 Å². The first-order chi connectivity index (χ1) is 17.4. The Bertz CT molecular complexity index is 1130. The maximum absolute atomic E-state index is 13.2. The molecule has 0 aliphatic carbocycles. The smallest absolute Gasteiger partial charge is 0.336 e. The van der Waals surface area contributed by atoms with Gasteiger partial charge in [0.25, 0.3) is 0 Å². The third-order valence-electron chi connectivity index (χ3n) is 7.39. The van der Waals surface area contributed by atoms with E-state index in [2.05, 4.69) is 24.3 Å². The SMILES string of the molecule is CCOC(=O)C1=C(C)N(CC(=O)N2CCC(Cc3ccccc3)CC2)C(=O)CC1c1cccc(C)c1. The molecule has 1 unspecified atom stereocenters. The van der Waals surface area contributed by atoms with E-state index < -0.39 is 5.97 Å². The van der Waals surface area contributed by atoms with E-state index in [1.165, 1.54) is 10.5 Å². The average Bonchev–Trinajstić information content (AvgIpc) is 2.87. The van der Waals surface area contributed by atoms with Gasteiger partial charge in [0.15, 0.2) is 0 Å². The molecule has 2 heterocycles. The number of carbonyl (C=O) groups is 3. The van der Waals surface area contributed by atoms with Gasteiger partial charge in [0, 0.05) is 31.1 Å².